The van der Waals surface area contributed by atoms with Crippen LogP contribution < -0.4 is 11.1 Å². The molecule has 3 N–H and O–H groups in total. The second-order valence-corrected chi connectivity index (χ2v) is 4.51. The van der Waals surface area contributed by atoms with E-state index in [-0.39, 0.29) is 5.54 Å². The van der Waals surface area contributed by atoms with Gasteiger partial charge in [-0.3, -0.25) is 0 Å². The van der Waals surface area contributed by atoms with E-state index < -0.39 is 0 Å². The maximum atomic E-state index is 5.81. The standard InChI is InChI=1S/C13H22N2/c1-4-9-13(3,10-14)15-12-7-5-11(2)6-8-12/h5-8,15H,4,9-10,14H2,1-3H3. The molecular weight excluding hydrogens is 184 g/mol. The van der Waals surface area contributed by atoms with E-state index in [2.05, 4.69) is 50.4 Å². The van der Waals surface area contributed by atoms with Gasteiger partial charge in [-0.05, 0) is 32.4 Å². The second-order valence-electron chi connectivity index (χ2n) is 4.51. The highest BCUT2D eigenvalue weighted by Crippen LogP contribution is 2.19. The van der Waals surface area contributed by atoms with E-state index in [1.165, 1.54) is 5.56 Å². The van der Waals surface area contributed by atoms with Gasteiger partial charge in [0, 0.05) is 17.8 Å². The van der Waals surface area contributed by atoms with Gasteiger partial charge in [-0.15, -0.1) is 0 Å². The Morgan fingerprint density at radius 3 is 2.33 bits per heavy atom. The number of anilines is 1. The maximum Gasteiger partial charge on any atom is 0.0467 e. The summed E-state index contributed by atoms with van der Waals surface area (Å²) in [6, 6.07) is 8.45. The third-order valence-electron chi connectivity index (χ3n) is 2.75. The fourth-order valence-electron chi connectivity index (χ4n) is 1.75. The third-order valence-corrected chi connectivity index (χ3v) is 2.75. The zero-order valence-corrected chi connectivity index (χ0v) is 10.0. The van der Waals surface area contributed by atoms with Crippen LogP contribution in [0.1, 0.15) is 32.3 Å². The highest BCUT2D eigenvalue weighted by atomic mass is 15.0. The van der Waals surface area contributed by atoms with Gasteiger partial charge in [-0.1, -0.05) is 31.0 Å². The summed E-state index contributed by atoms with van der Waals surface area (Å²) in [6.45, 7) is 7.12. The van der Waals surface area contributed by atoms with Gasteiger partial charge in [0.25, 0.3) is 0 Å². The fourth-order valence-corrected chi connectivity index (χ4v) is 1.75. The van der Waals surface area contributed by atoms with E-state index in [4.69, 9.17) is 5.73 Å². The molecule has 84 valence electrons. The van der Waals surface area contributed by atoms with Gasteiger partial charge in [0.2, 0.25) is 0 Å². The Labute approximate surface area is 92.9 Å². The molecule has 1 unspecified atom stereocenters. The Kier molecular flexibility index (Phi) is 4.15. The number of benzene rings is 1. The number of hydrogen-bond acceptors (Lipinski definition) is 2. The molecule has 0 aliphatic rings. The first-order chi connectivity index (χ1) is 7.09. The van der Waals surface area contributed by atoms with Gasteiger partial charge in [-0.2, -0.15) is 0 Å². The predicted molar refractivity (Wildman–Crippen MR) is 67.2 cm³/mol. The third kappa shape index (κ3) is 3.56. The van der Waals surface area contributed by atoms with Crippen LogP contribution in [0.2, 0.25) is 0 Å². The molecule has 0 saturated heterocycles. The topological polar surface area (TPSA) is 38.0 Å². The Morgan fingerprint density at radius 1 is 1.27 bits per heavy atom. The number of rotatable bonds is 5. The van der Waals surface area contributed by atoms with E-state index in [1.54, 1.807) is 0 Å². The lowest BCUT2D eigenvalue weighted by molar-refractivity contribution is 0.476. The minimum atomic E-state index is 0.0179. The summed E-state index contributed by atoms with van der Waals surface area (Å²) >= 11 is 0. The van der Waals surface area contributed by atoms with E-state index >= 15 is 0 Å². The van der Waals surface area contributed by atoms with Gasteiger partial charge in [0.1, 0.15) is 0 Å². The Morgan fingerprint density at radius 2 is 1.87 bits per heavy atom. The molecule has 1 atom stereocenters. The normalized spacial score (nSPS) is 14.7. The van der Waals surface area contributed by atoms with Crippen molar-refractivity contribution < 1.29 is 0 Å². The molecule has 1 rings (SSSR count). The van der Waals surface area contributed by atoms with E-state index in [0.717, 1.165) is 18.5 Å². The highest BCUT2D eigenvalue weighted by molar-refractivity contribution is 5.46. The van der Waals surface area contributed by atoms with Crippen molar-refractivity contribution in [3.8, 4) is 0 Å². The van der Waals surface area contributed by atoms with Crippen molar-refractivity contribution in [1.82, 2.24) is 0 Å². The molecule has 1 aromatic rings. The summed E-state index contributed by atoms with van der Waals surface area (Å²) in [7, 11) is 0. The maximum absolute atomic E-state index is 5.81. The monoisotopic (exact) mass is 206 g/mol. The molecule has 0 heterocycles. The van der Waals surface area contributed by atoms with Crippen molar-refractivity contribution in [2.45, 2.75) is 39.2 Å². The smallest absolute Gasteiger partial charge is 0.0467 e. The predicted octanol–water partition coefficient (Wildman–Crippen LogP) is 2.92. The first kappa shape index (κ1) is 12.1. The summed E-state index contributed by atoms with van der Waals surface area (Å²) in [6.07, 6.45) is 2.24. The lowest BCUT2D eigenvalue weighted by Gasteiger charge is -2.30. The second kappa shape index (κ2) is 5.17. The van der Waals surface area contributed by atoms with Crippen LogP contribution in [0.5, 0.6) is 0 Å². The van der Waals surface area contributed by atoms with Crippen LogP contribution in [0.4, 0.5) is 5.69 Å². The number of nitrogens with two attached hydrogens (primary N) is 1. The molecule has 0 amide bonds. The molecule has 0 fully saturated rings. The molecular formula is C13H22N2. The number of nitrogens with one attached hydrogen (secondary N) is 1. The lowest BCUT2D eigenvalue weighted by atomic mass is 9.96. The van der Waals surface area contributed by atoms with Crippen molar-refractivity contribution in [1.29, 1.82) is 0 Å². The first-order valence-corrected chi connectivity index (χ1v) is 5.64. The Balaban J connectivity index is 2.70. The molecule has 15 heavy (non-hydrogen) atoms. The number of aryl methyl sites for hydroxylation is 1. The van der Waals surface area contributed by atoms with Crippen molar-refractivity contribution in [3.05, 3.63) is 29.8 Å². The average Bonchev–Trinajstić information content (AvgIpc) is 2.22. The van der Waals surface area contributed by atoms with Gasteiger partial charge < -0.3 is 11.1 Å². The minimum Gasteiger partial charge on any atom is -0.379 e. The molecule has 0 saturated carbocycles. The summed E-state index contributed by atoms with van der Waals surface area (Å²) in [4.78, 5) is 0. The SMILES string of the molecule is CCCC(C)(CN)Nc1ccc(C)cc1. The summed E-state index contributed by atoms with van der Waals surface area (Å²) < 4.78 is 0. The van der Waals surface area contributed by atoms with Crippen molar-refractivity contribution >= 4 is 5.69 Å². The van der Waals surface area contributed by atoms with Gasteiger partial charge >= 0.3 is 0 Å². The van der Waals surface area contributed by atoms with Crippen LogP contribution >= 0.6 is 0 Å². The zero-order chi connectivity index (χ0) is 11.3. The fraction of sp³-hybridized carbons (Fsp3) is 0.538. The van der Waals surface area contributed by atoms with E-state index in [9.17, 15) is 0 Å². The molecule has 2 nitrogen and oxygen atoms in total. The Bertz CT molecular complexity index is 292. The molecule has 0 aliphatic carbocycles. The van der Waals surface area contributed by atoms with Crippen molar-refractivity contribution in [2.24, 2.45) is 5.73 Å². The molecule has 0 spiro atoms. The first-order valence-electron chi connectivity index (χ1n) is 5.64. The van der Waals surface area contributed by atoms with Crippen LogP contribution in [0.25, 0.3) is 0 Å². The summed E-state index contributed by atoms with van der Waals surface area (Å²) in [5.74, 6) is 0. The van der Waals surface area contributed by atoms with Crippen molar-refractivity contribution in [2.75, 3.05) is 11.9 Å². The van der Waals surface area contributed by atoms with Gasteiger partial charge in [0.05, 0.1) is 0 Å². The van der Waals surface area contributed by atoms with Crippen LogP contribution in [-0.2, 0) is 0 Å². The van der Waals surface area contributed by atoms with Gasteiger partial charge in [-0.25, -0.2) is 0 Å². The summed E-state index contributed by atoms with van der Waals surface area (Å²) in [5.41, 5.74) is 8.26. The lowest BCUT2D eigenvalue weighted by Crippen LogP contribution is -2.42. The largest absolute Gasteiger partial charge is 0.379 e. The minimum absolute atomic E-state index is 0.0179. The van der Waals surface area contributed by atoms with Crippen LogP contribution in [-0.4, -0.2) is 12.1 Å². The molecule has 0 aromatic heterocycles. The van der Waals surface area contributed by atoms with Gasteiger partial charge in [0.15, 0.2) is 0 Å². The van der Waals surface area contributed by atoms with Crippen LogP contribution in [0.15, 0.2) is 24.3 Å². The highest BCUT2D eigenvalue weighted by Gasteiger charge is 2.20. The average molecular weight is 206 g/mol. The van der Waals surface area contributed by atoms with Crippen LogP contribution in [0, 0.1) is 6.92 Å². The zero-order valence-electron chi connectivity index (χ0n) is 10.0. The Hall–Kier alpha value is -1.02. The van der Waals surface area contributed by atoms with E-state index in [0.29, 0.717) is 6.54 Å². The molecule has 2 heteroatoms. The molecule has 1 aromatic carbocycles. The summed E-state index contributed by atoms with van der Waals surface area (Å²) in [5, 5.41) is 3.51. The van der Waals surface area contributed by atoms with Crippen molar-refractivity contribution in [3.63, 3.8) is 0 Å². The quantitative estimate of drug-likeness (QED) is 0.777. The number of hydrogen-bond donors (Lipinski definition) is 2. The molecule has 0 radical (unpaired) electrons. The van der Waals surface area contributed by atoms with Crippen LogP contribution in [0.3, 0.4) is 0 Å². The van der Waals surface area contributed by atoms with E-state index in [1.807, 2.05) is 0 Å². The molecule has 0 aliphatic heterocycles. The molecule has 0 bridgehead atoms.